The second-order valence-corrected chi connectivity index (χ2v) is 11.8. The monoisotopic (exact) mass is 578 g/mol. The molecule has 0 saturated carbocycles. The summed E-state index contributed by atoms with van der Waals surface area (Å²) in [5.74, 6) is 0. The zero-order valence-corrected chi connectivity index (χ0v) is 25.8. The van der Waals surface area contributed by atoms with Crippen LogP contribution >= 0.6 is 0 Å². The Hall–Kier alpha value is -1.52. The van der Waals surface area contributed by atoms with Crippen molar-refractivity contribution in [1.29, 1.82) is 0 Å². The SMILES string of the molecule is CC.CC.C[I+]C.C[S+](C)C.Cc1cccc2ccccc12.Cc1cccc2ccccc12. The lowest BCUT2D eigenvalue weighted by Gasteiger charge is -1.98. The number of hydrogen-bond donors (Lipinski definition) is 0. The van der Waals surface area contributed by atoms with Crippen LogP contribution < -0.4 is 21.2 Å². The Labute approximate surface area is 218 Å². The molecule has 4 rings (SSSR count). The van der Waals surface area contributed by atoms with E-state index in [1.165, 1.54) is 32.7 Å². The van der Waals surface area contributed by atoms with Gasteiger partial charge in [-0.25, -0.2) is 0 Å². The minimum absolute atomic E-state index is 0.590. The summed E-state index contributed by atoms with van der Waals surface area (Å²) in [6.45, 7) is 12.3. The molecule has 0 amide bonds. The Balaban J connectivity index is 0. The lowest BCUT2D eigenvalue weighted by molar-refractivity contribution is -0.597. The quantitative estimate of drug-likeness (QED) is 0.133. The summed E-state index contributed by atoms with van der Waals surface area (Å²) in [5.41, 5.74) is 2.70. The number of rotatable bonds is 0. The van der Waals surface area contributed by atoms with Crippen molar-refractivity contribution in [2.45, 2.75) is 41.5 Å². The van der Waals surface area contributed by atoms with E-state index in [4.69, 9.17) is 0 Å². The van der Waals surface area contributed by atoms with E-state index in [0.29, 0.717) is 32.1 Å². The first-order chi connectivity index (χ1) is 15.9. The molecule has 0 aliphatic heterocycles. The van der Waals surface area contributed by atoms with Crippen molar-refractivity contribution < 1.29 is 21.2 Å². The maximum absolute atomic E-state index is 2.24. The van der Waals surface area contributed by atoms with Crippen LogP contribution in [0.3, 0.4) is 0 Å². The van der Waals surface area contributed by atoms with Gasteiger partial charge in [0.05, 0.1) is 18.8 Å². The van der Waals surface area contributed by atoms with Gasteiger partial charge in [-0.15, -0.1) is 0 Å². The fraction of sp³-hybridized carbons (Fsp3) is 0.355. The van der Waals surface area contributed by atoms with Crippen molar-refractivity contribution in [3.63, 3.8) is 0 Å². The van der Waals surface area contributed by atoms with Crippen LogP contribution in [-0.2, 0) is 10.9 Å². The fourth-order valence-electron chi connectivity index (χ4n) is 2.77. The van der Waals surface area contributed by atoms with E-state index < -0.39 is 0 Å². The molecule has 0 bridgehead atoms. The highest BCUT2D eigenvalue weighted by molar-refractivity contribution is 7.94. The van der Waals surface area contributed by atoms with E-state index in [9.17, 15) is 0 Å². The highest BCUT2D eigenvalue weighted by Gasteiger charge is 1.93. The number of hydrogen-bond acceptors (Lipinski definition) is 0. The second-order valence-electron chi connectivity index (χ2n) is 7.19. The van der Waals surface area contributed by atoms with Gasteiger partial charge in [0.1, 0.15) is 9.86 Å². The van der Waals surface area contributed by atoms with Gasteiger partial charge in [0.25, 0.3) is 21.2 Å². The molecule has 4 aromatic rings. The van der Waals surface area contributed by atoms with E-state index in [1.807, 2.05) is 27.7 Å². The molecular weight excluding hydrogens is 531 g/mol. The Morgan fingerprint density at radius 2 is 0.727 bits per heavy atom. The molecular formula is C31H47IS+2. The molecule has 0 spiro atoms. The zero-order valence-electron chi connectivity index (χ0n) is 22.9. The molecule has 0 unspecified atom stereocenters. The first-order valence-corrected chi connectivity index (χ1v) is 18.4. The molecule has 0 N–H and O–H groups in total. The third-order valence-corrected chi connectivity index (χ3v) is 4.02. The molecule has 4 aromatic carbocycles. The molecule has 0 saturated heterocycles. The van der Waals surface area contributed by atoms with Crippen LogP contribution in [0, 0.1) is 13.8 Å². The average Bonchev–Trinajstić information content (AvgIpc) is 2.83. The molecule has 0 radical (unpaired) electrons. The number of aryl methyl sites for hydroxylation is 2. The van der Waals surface area contributed by atoms with E-state index in [1.54, 1.807) is 0 Å². The number of benzene rings is 4. The Morgan fingerprint density at radius 3 is 1.00 bits per heavy atom. The van der Waals surface area contributed by atoms with Gasteiger partial charge < -0.3 is 0 Å². The second kappa shape index (κ2) is 22.3. The first kappa shape index (κ1) is 33.7. The normalized spacial score (nSPS) is 8.85. The van der Waals surface area contributed by atoms with Crippen molar-refractivity contribution >= 4 is 32.4 Å². The third kappa shape index (κ3) is 15.1. The van der Waals surface area contributed by atoms with Crippen molar-refractivity contribution in [3.8, 4) is 0 Å². The Bertz CT molecular complexity index is 886. The maximum Gasteiger partial charge on any atom is 0.261 e. The van der Waals surface area contributed by atoms with Crippen LogP contribution in [0.15, 0.2) is 84.9 Å². The van der Waals surface area contributed by atoms with Crippen molar-refractivity contribution in [2.75, 3.05) is 28.6 Å². The minimum atomic E-state index is 0.590. The fourth-order valence-corrected chi connectivity index (χ4v) is 2.77. The van der Waals surface area contributed by atoms with Gasteiger partial charge in [-0.2, -0.15) is 0 Å². The van der Waals surface area contributed by atoms with Crippen LogP contribution in [-0.4, -0.2) is 28.6 Å². The minimum Gasteiger partial charge on any atom is -0.0683 e. The first-order valence-electron chi connectivity index (χ1n) is 11.6. The van der Waals surface area contributed by atoms with Gasteiger partial charge >= 0.3 is 0 Å². The lowest BCUT2D eigenvalue weighted by Crippen LogP contribution is -3.59. The van der Waals surface area contributed by atoms with Gasteiger partial charge in [-0.1, -0.05) is 113 Å². The summed E-state index contributed by atoms with van der Waals surface area (Å²) < 4.78 is 0. The Morgan fingerprint density at radius 1 is 0.485 bits per heavy atom. The predicted octanol–water partition coefficient (Wildman–Crippen LogP) is 6.18. The largest absolute Gasteiger partial charge is 0.261 e. The summed E-state index contributed by atoms with van der Waals surface area (Å²) in [6, 6.07) is 29.7. The number of fused-ring (bicyclic) bond motifs is 2. The predicted molar refractivity (Wildman–Crippen MR) is 157 cm³/mol. The van der Waals surface area contributed by atoms with Crippen LogP contribution in [0.5, 0.6) is 0 Å². The maximum atomic E-state index is 2.24. The number of halogens is 1. The summed E-state index contributed by atoms with van der Waals surface area (Å²) in [6.07, 6.45) is 6.58. The summed E-state index contributed by atoms with van der Waals surface area (Å²) in [7, 11) is 0.639. The molecule has 0 atom stereocenters. The third-order valence-electron chi connectivity index (χ3n) is 4.02. The molecule has 0 fully saturated rings. The molecule has 0 aliphatic rings. The van der Waals surface area contributed by atoms with E-state index in [2.05, 4.69) is 127 Å². The van der Waals surface area contributed by atoms with E-state index >= 15 is 0 Å². The summed E-state index contributed by atoms with van der Waals surface area (Å²) >= 11 is 0.590. The zero-order chi connectivity index (χ0) is 25.6. The van der Waals surface area contributed by atoms with Crippen LogP contribution in [0.4, 0.5) is 0 Å². The lowest BCUT2D eigenvalue weighted by atomic mass is 10.1. The molecule has 0 heterocycles. The van der Waals surface area contributed by atoms with Crippen molar-refractivity contribution in [3.05, 3.63) is 96.1 Å². The van der Waals surface area contributed by atoms with Gasteiger partial charge in [0.15, 0.2) is 0 Å². The summed E-state index contributed by atoms with van der Waals surface area (Å²) in [5, 5.41) is 5.37. The van der Waals surface area contributed by atoms with Gasteiger partial charge in [0.2, 0.25) is 0 Å². The van der Waals surface area contributed by atoms with Crippen LogP contribution in [0.2, 0.25) is 0 Å². The molecule has 0 aliphatic carbocycles. The summed E-state index contributed by atoms with van der Waals surface area (Å²) in [4.78, 5) is 4.47. The highest BCUT2D eigenvalue weighted by Crippen LogP contribution is 2.17. The van der Waals surface area contributed by atoms with Crippen LogP contribution in [0.25, 0.3) is 21.5 Å². The van der Waals surface area contributed by atoms with E-state index in [-0.39, 0.29) is 0 Å². The topological polar surface area (TPSA) is 0 Å². The molecule has 0 aromatic heterocycles. The molecule has 2 heteroatoms. The van der Waals surface area contributed by atoms with Crippen LogP contribution in [0.1, 0.15) is 38.8 Å². The number of alkyl halides is 2. The van der Waals surface area contributed by atoms with E-state index in [0.717, 1.165) is 0 Å². The Kier molecular flexibility index (Phi) is 22.7. The standard InChI is InChI=1S/2C11H10.C3H9S.C2H6I.2C2H6/c2*1-9-5-4-7-10-6-2-3-8-11(9)10;1-4(2)3;1-3-2;2*1-2/h2*2-8H,1H3;1-3H3;1-2H3;2*1-2H3/q;;2*+1;;. The highest BCUT2D eigenvalue weighted by atomic mass is 127. The van der Waals surface area contributed by atoms with Crippen molar-refractivity contribution in [2.24, 2.45) is 0 Å². The van der Waals surface area contributed by atoms with Crippen molar-refractivity contribution in [1.82, 2.24) is 0 Å². The van der Waals surface area contributed by atoms with Gasteiger partial charge in [-0.05, 0) is 57.4 Å². The van der Waals surface area contributed by atoms with Gasteiger partial charge in [0, 0.05) is 0 Å². The molecule has 33 heavy (non-hydrogen) atoms. The average molecular weight is 579 g/mol. The smallest absolute Gasteiger partial charge is 0.0683 e. The van der Waals surface area contributed by atoms with Gasteiger partial charge in [-0.3, -0.25) is 0 Å². The molecule has 0 nitrogen and oxygen atoms in total. The molecule has 182 valence electrons.